The number of ether oxygens (including phenoxy) is 1. The van der Waals surface area contributed by atoms with E-state index >= 15 is 0 Å². The van der Waals surface area contributed by atoms with Crippen LogP contribution in [0, 0.1) is 5.92 Å². The fourth-order valence-electron chi connectivity index (χ4n) is 2.60. The van der Waals surface area contributed by atoms with E-state index in [1.54, 1.807) is 0 Å². The Morgan fingerprint density at radius 1 is 1.50 bits per heavy atom. The fourth-order valence-corrected chi connectivity index (χ4v) is 3.07. The number of alkyl halides is 1. The van der Waals surface area contributed by atoms with Gasteiger partial charge in [0.2, 0.25) is 0 Å². The van der Waals surface area contributed by atoms with Crippen LogP contribution in [0.1, 0.15) is 37.0 Å². The Morgan fingerprint density at radius 2 is 2.30 bits per heavy atom. The Kier molecular flexibility index (Phi) is 5.30. The molecule has 1 saturated heterocycles. The molecule has 0 bridgehead atoms. The van der Waals surface area contributed by atoms with Crippen LogP contribution in [-0.2, 0) is 0 Å². The lowest BCUT2D eigenvalue weighted by Gasteiger charge is -2.25. The number of rotatable bonds is 5. The first-order valence-electron chi connectivity index (χ1n) is 7.27. The number of halogens is 1. The molecule has 0 saturated carbocycles. The van der Waals surface area contributed by atoms with Crippen LogP contribution in [0.4, 0.5) is 0 Å². The molecule has 0 N–H and O–H groups in total. The van der Waals surface area contributed by atoms with Gasteiger partial charge in [0.05, 0.1) is 6.61 Å². The SMILES string of the molecule is CCCOc1cccc(C(=O)N2CCC(C)C2CCl)c1. The molecule has 1 aromatic carbocycles. The first-order valence-corrected chi connectivity index (χ1v) is 7.80. The highest BCUT2D eigenvalue weighted by molar-refractivity contribution is 6.18. The van der Waals surface area contributed by atoms with E-state index in [4.69, 9.17) is 16.3 Å². The van der Waals surface area contributed by atoms with Gasteiger partial charge in [-0.15, -0.1) is 11.6 Å². The molecule has 3 nitrogen and oxygen atoms in total. The normalized spacial score (nSPS) is 22.1. The maximum Gasteiger partial charge on any atom is 0.254 e. The molecule has 1 aliphatic rings. The van der Waals surface area contributed by atoms with Gasteiger partial charge in [0, 0.05) is 24.0 Å². The van der Waals surface area contributed by atoms with Crippen LogP contribution in [-0.4, -0.2) is 35.9 Å². The third-order valence-corrected chi connectivity index (χ3v) is 4.17. The number of benzene rings is 1. The van der Waals surface area contributed by atoms with E-state index in [2.05, 4.69) is 13.8 Å². The van der Waals surface area contributed by atoms with Gasteiger partial charge in [0.1, 0.15) is 5.75 Å². The third-order valence-electron chi connectivity index (χ3n) is 3.86. The van der Waals surface area contributed by atoms with Crippen molar-refractivity contribution in [2.45, 2.75) is 32.7 Å². The highest BCUT2D eigenvalue weighted by atomic mass is 35.5. The highest BCUT2D eigenvalue weighted by Gasteiger charge is 2.34. The van der Waals surface area contributed by atoms with Crippen LogP contribution in [0.15, 0.2) is 24.3 Å². The zero-order valence-corrected chi connectivity index (χ0v) is 12.9. The van der Waals surface area contributed by atoms with Crippen LogP contribution < -0.4 is 4.74 Å². The largest absolute Gasteiger partial charge is 0.494 e. The number of hydrogen-bond acceptors (Lipinski definition) is 2. The number of carbonyl (C=O) groups excluding carboxylic acids is 1. The Balaban J connectivity index is 2.12. The second-order valence-corrected chi connectivity index (χ2v) is 5.67. The predicted molar refractivity (Wildman–Crippen MR) is 81.6 cm³/mol. The van der Waals surface area contributed by atoms with Gasteiger partial charge < -0.3 is 9.64 Å². The van der Waals surface area contributed by atoms with Gasteiger partial charge in [0.15, 0.2) is 0 Å². The topological polar surface area (TPSA) is 29.5 Å². The van der Waals surface area contributed by atoms with Gasteiger partial charge in [-0.2, -0.15) is 0 Å². The van der Waals surface area contributed by atoms with Crippen molar-refractivity contribution >= 4 is 17.5 Å². The van der Waals surface area contributed by atoms with Crippen LogP contribution in [0.25, 0.3) is 0 Å². The molecule has 110 valence electrons. The van der Waals surface area contributed by atoms with E-state index in [0.29, 0.717) is 24.0 Å². The summed E-state index contributed by atoms with van der Waals surface area (Å²) in [6.45, 7) is 5.67. The van der Waals surface area contributed by atoms with Crippen molar-refractivity contribution in [3.8, 4) is 5.75 Å². The van der Waals surface area contributed by atoms with Crippen molar-refractivity contribution in [2.75, 3.05) is 19.0 Å². The second-order valence-electron chi connectivity index (χ2n) is 5.36. The van der Waals surface area contributed by atoms with Gasteiger partial charge in [-0.1, -0.05) is 19.9 Å². The third kappa shape index (κ3) is 3.26. The van der Waals surface area contributed by atoms with Crippen LogP contribution in [0.3, 0.4) is 0 Å². The van der Waals surface area contributed by atoms with Crippen LogP contribution in [0.5, 0.6) is 5.75 Å². The molecular weight excluding hydrogens is 274 g/mol. The maximum atomic E-state index is 12.6. The minimum Gasteiger partial charge on any atom is -0.494 e. The van der Waals surface area contributed by atoms with Crippen molar-refractivity contribution in [1.29, 1.82) is 0 Å². The second kappa shape index (κ2) is 6.98. The molecule has 4 heteroatoms. The van der Waals surface area contributed by atoms with E-state index in [1.165, 1.54) is 0 Å². The van der Waals surface area contributed by atoms with Gasteiger partial charge in [-0.3, -0.25) is 4.79 Å². The van der Waals surface area contributed by atoms with Crippen molar-refractivity contribution in [3.05, 3.63) is 29.8 Å². The van der Waals surface area contributed by atoms with Gasteiger partial charge in [-0.25, -0.2) is 0 Å². The summed E-state index contributed by atoms with van der Waals surface area (Å²) in [6.07, 6.45) is 1.98. The molecule has 2 rings (SSSR count). The number of nitrogens with zero attached hydrogens (tertiary/aromatic N) is 1. The average molecular weight is 296 g/mol. The first kappa shape index (κ1) is 15.2. The Bertz CT molecular complexity index is 464. The summed E-state index contributed by atoms with van der Waals surface area (Å²) in [5.41, 5.74) is 0.683. The lowest BCUT2D eigenvalue weighted by Crippen LogP contribution is -2.38. The lowest BCUT2D eigenvalue weighted by atomic mass is 10.0. The fraction of sp³-hybridized carbons (Fsp3) is 0.562. The summed E-state index contributed by atoms with van der Waals surface area (Å²) in [5.74, 6) is 1.78. The van der Waals surface area contributed by atoms with E-state index in [0.717, 1.165) is 25.1 Å². The number of carbonyl (C=O) groups is 1. The Hall–Kier alpha value is -1.22. The molecule has 2 atom stereocenters. The first-order chi connectivity index (χ1) is 9.67. The maximum absolute atomic E-state index is 12.6. The molecule has 0 aromatic heterocycles. The summed E-state index contributed by atoms with van der Waals surface area (Å²) in [5, 5.41) is 0. The predicted octanol–water partition coefficient (Wildman–Crippen LogP) is 3.56. The van der Waals surface area contributed by atoms with Gasteiger partial charge in [-0.05, 0) is 37.0 Å². The van der Waals surface area contributed by atoms with E-state index in [9.17, 15) is 4.79 Å². The van der Waals surface area contributed by atoms with Crippen molar-refractivity contribution in [2.24, 2.45) is 5.92 Å². The lowest BCUT2D eigenvalue weighted by molar-refractivity contribution is 0.0736. The number of hydrogen-bond donors (Lipinski definition) is 0. The zero-order chi connectivity index (χ0) is 14.5. The molecule has 20 heavy (non-hydrogen) atoms. The van der Waals surface area contributed by atoms with Crippen LogP contribution >= 0.6 is 11.6 Å². The van der Waals surface area contributed by atoms with E-state index < -0.39 is 0 Å². The smallest absolute Gasteiger partial charge is 0.254 e. The molecule has 0 spiro atoms. The highest BCUT2D eigenvalue weighted by Crippen LogP contribution is 2.27. The van der Waals surface area contributed by atoms with Crippen molar-refractivity contribution in [3.63, 3.8) is 0 Å². The molecular formula is C16H22ClNO2. The molecule has 0 aliphatic carbocycles. The summed E-state index contributed by atoms with van der Waals surface area (Å²) in [6, 6.07) is 7.57. The Labute approximate surface area is 125 Å². The summed E-state index contributed by atoms with van der Waals surface area (Å²) >= 11 is 6.01. The van der Waals surface area contributed by atoms with Crippen LogP contribution in [0.2, 0.25) is 0 Å². The summed E-state index contributed by atoms with van der Waals surface area (Å²) in [7, 11) is 0. The molecule has 0 radical (unpaired) electrons. The molecule has 1 heterocycles. The van der Waals surface area contributed by atoms with Gasteiger partial charge >= 0.3 is 0 Å². The van der Waals surface area contributed by atoms with E-state index in [-0.39, 0.29) is 11.9 Å². The molecule has 1 fully saturated rings. The molecule has 1 aliphatic heterocycles. The monoisotopic (exact) mass is 295 g/mol. The molecule has 1 amide bonds. The zero-order valence-electron chi connectivity index (χ0n) is 12.1. The molecule has 2 unspecified atom stereocenters. The van der Waals surface area contributed by atoms with Crippen molar-refractivity contribution < 1.29 is 9.53 Å². The summed E-state index contributed by atoms with van der Waals surface area (Å²) in [4.78, 5) is 14.5. The standard InChI is InChI=1S/C16H22ClNO2/c1-3-9-20-14-6-4-5-13(10-14)16(19)18-8-7-12(2)15(18)11-17/h4-6,10,12,15H,3,7-9,11H2,1-2H3. The molecule has 1 aromatic rings. The minimum atomic E-state index is 0.0574. The quantitative estimate of drug-likeness (QED) is 0.777. The van der Waals surface area contributed by atoms with E-state index in [1.807, 2.05) is 29.2 Å². The number of likely N-dealkylation sites (tertiary alicyclic amines) is 1. The summed E-state index contributed by atoms with van der Waals surface area (Å²) < 4.78 is 5.59. The van der Waals surface area contributed by atoms with Gasteiger partial charge in [0.25, 0.3) is 5.91 Å². The minimum absolute atomic E-state index is 0.0574. The number of amides is 1. The average Bonchev–Trinajstić information content (AvgIpc) is 2.85. The Morgan fingerprint density at radius 3 is 3.00 bits per heavy atom. The van der Waals surface area contributed by atoms with Crippen molar-refractivity contribution in [1.82, 2.24) is 4.90 Å².